The van der Waals surface area contributed by atoms with Crippen LogP contribution in [0.5, 0.6) is 0 Å². The van der Waals surface area contributed by atoms with Gasteiger partial charge in [-0.3, -0.25) is 4.99 Å². The van der Waals surface area contributed by atoms with Gasteiger partial charge in [0.05, 0.1) is 22.1 Å². The molecule has 1 N–H and O–H groups in total. The van der Waals surface area contributed by atoms with Crippen molar-refractivity contribution >= 4 is 51.1 Å². The lowest BCUT2D eigenvalue weighted by Crippen LogP contribution is -2.39. The maximum Gasteiger partial charge on any atom is 0.193 e. The van der Waals surface area contributed by atoms with Crippen molar-refractivity contribution in [3.8, 4) is 0 Å². The molecule has 0 atom stereocenters. The third-order valence-corrected chi connectivity index (χ3v) is 5.64. The Morgan fingerprint density at radius 1 is 1.31 bits per heavy atom. The van der Waals surface area contributed by atoms with Crippen LogP contribution in [0.1, 0.15) is 16.3 Å². The van der Waals surface area contributed by atoms with E-state index in [-0.39, 0.29) is 24.0 Å². The van der Waals surface area contributed by atoms with Gasteiger partial charge < -0.3 is 10.2 Å². The minimum absolute atomic E-state index is 0. The molecule has 0 unspecified atom stereocenters. The van der Waals surface area contributed by atoms with Gasteiger partial charge in [-0.25, -0.2) is 13.4 Å². The van der Waals surface area contributed by atoms with Crippen LogP contribution in [0.2, 0.25) is 0 Å². The zero-order valence-electron chi connectivity index (χ0n) is 15.4. The highest BCUT2D eigenvalue weighted by Gasteiger charge is 2.09. The molecule has 26 heavy (non-hydrogen) atoms. The van der Waals surface area contributed by atoms with Crippen molar-refractivity contribution in [3.05, 3.63) is 45.9 Å². The van der Waals surface area contributed by atoms with Crippen LogP contribution < -0.4 is 5.32 Å². The van der Waals surface area contributed by atoms with E-state index in [1.165, 1.54) is 6.26 Å². The van der Waals surface area contributed by atoms with Crippen LogP contribution in [-0.4, -0.2) is 51.2 Å². The van der Waals surface area contributed by atoms with Crippen LogP contribution in [-0.2, 0) is 22.8 Å². The SMILES string of the molecule is CN=C(NCCc1ccc(S(C)(=O)=O)cc1)N(C)Cc1csc(C)n1.I. The second-order valence-corrected chi connectivity index (χ2v) is 8.93. The maximum absolute atomic E-state index is 11.5. The first-order chi connectivity index (χ1) is 11.8. The average molecular weight is 508 g/mol. The van der Waals surface area contributed by atoms with Crippen LogP contribution in [0, 0.1) is 6.92 Å². The summed E-state index contributed by atoms with van der Waals surface area (Å²) in [6.07, 6.45) is 2.00. The summed E-state index contributed by atoms with van der Waals surface area (Å²) in [5.74, 6) is 0.804. The number of nitrogens with zero attached hydrogens (tertiary/aromatic N) is 3. The molecule has 0 aliphatic rings. The highest BCUT2D eigenvalue weighted by atomic mass is 127. The Labute approximate surface area is 176 Å². The Hall–Kier alpha value is -1.20. The van der Waals surface area contributed by atoms with Gasteiger partial charge in [-0.2, -0.15) is 0 Å². The predicted molar refractivity (Wildman–Crippen MR) is 118 cm³/mol. The molecule has 144 valence electrons. The highest BCUT2D eigenvalue weighted by Crippen LogP contribution is 2.11. The van der Waals surface area contributed by atoms with Gasteiger partial charge in [0.25, 0.3) is 0 Å². The molecule has 9 heteroatoms. The Balaban J connectivity index is 0.00000338. The zero-order chi connectivity index (χ0) is 18.4. The Morgan fingerprint density at radius 3 is 2.46 bits per heavy atom. The summed E-state index contributed by atoms with van der Waals surface area (Å²) >= 11 is 1.64. The first-order valence-electron chi connectivity index (χ1n) is 7.91. The second-order valence-electron chi connectivity index (χ2n) is 5.85. The number of rotatable bonds is 6. The van der Waals surface area contributed by atoms with Crippen molar-refractivity contribution < 1.29 is 8.42 Å². The van der Waals surface area contributed by atoms with E-state index >= 15 is 0 Å². The van der Waals surface area contributed by atoms with Crippen molar-refractivity contribution in [1.82, 2.24) is 15.2 Å². The molecule has 1 aromatic carbocycles. The van der Waals surface area contributed by atoms with E-state index < -0.39 is 9.84 Å². The Bertz CT molecular complexity index is 833. The van der Waals surface area contributed by atoms with E-state index in [1.54, 1.807) is 30.5 Å². The summed E-state index contributed by atoms with van der Waals surface area (Å²) in [6.45, 7) is 3.41. The lowest BCUT2D eigenvalue weighted by Gasteiger charge is -2.21. The average Bonchev–Trinajstić information content (AvgIpc) is 2.96. The molecule has 1 aromatic heterocycles. The summed E-state index contributed by atoms with van der Waals surface area (Å²) in [7, 11) is 0.590. The molecule has 2 aromatic rings. The zero-order valence-corrected chi connectivity index (χ0v) is 19.4. The first-order valence-corrected chi connectivity index (χ1v) is 10.7. The molecular formula is C17H25IN4O2S2. The molecule has 2 rings (SSSR count). The van der Waals surface area contributed by atoms with E-state index in [0.717, 1.165) is 28.6 Å². The number of guanidine groups is 1. The predicted octanol–water partition coefficient (Wildman–Crippen LogP) is 2.72. The van der Waals surface area contributed by atoms with Gasteiger partial charge in [-0.15, -0.1) is 35.3 Å². The smallest absolute Gasteiger partial charge is 0.193 e. The third kappa shape index (κ3) is 6.84. The largest absolute Gasteiger partial charge is 0.356 e. The molecule has 0 aliphatic heterocycles. The molecule has 0 bridgehead atoms. The van der Waals surface area contributed by atoms with Gasteiger partial charge in [-0.1, -0.05) is 12.1 Å². The number of aromatic nitrogens is 1. The fourth-order valence-electron chi connectivity index (χ4n) is 2.41. The molecular weight excluding hydrogens is 483 g/mol. The van der Waals surface area contributed by atoms with Gasteiger partial charge >= 0.3 is 0 Å². The summed E-state index contributed by atoms with van der Waals surface area (Å²) in [5.41, 5.74) is 2.11. The molecule has 0 saturated carbocycles. The summed E-state index contributed by atoms with van der Waals surface area (Å²) in [5, 5.41) is 6.44. The van der Waals surface area contributed by atoms with Crippen molar-refractivity contribution in [2.45, 2.75) is 24.8 Å². The van der Waals surface area contributed by atoms with Crippen molar-refractivity contribution in [3.63, 3.8) is 0 Å². The summed E-state index contributed by atoms with van der Waals surface area (Å²) in [4.78, 5) is 11.1. The fourth-order valence-corrected chi connectivity index (χ4v) is 3.64. The molecule has 0 spiro atoms. The minimum Gasteiger partial charge on any atom is -0.356 e. The van der Waals surface area contributed by atoms with Crippen molar-refractivity contribution in [2.24, 2.45) is 4.99 Å². The summed E-state index contributed by atoms with van der Waals surface area (Å²) in [6, 6.07) is 7.00. The number of thiazole rings is 1. The number of aliphatic imine (C=N–C) groups is 1. The number of aryl methyl sites for hydroxylation is 1. The number of benzene rings is 1. The van der Waals surface area contributed by atoms with E-state index in [9.17, 15) is 8.42 Å². The maximum atomic E-state index is 11.5. The van der Waals surface area contributed by atoms with Gasteiger partial charge in [0, 0.05) is 32.3 Å². The quantitative estimate of drug-likeness (QED) is 0.369. The number of hydrogen-bond donors (Lipinski definition) is 1. The Kier molecular flexibility index (Phi) is 8.97. The number of hydrogen-bond acceptors (Lipinski definition) is 5. The van der Waals surface area contributed by atoms with E-state index in [0.29, 0.717) is 18.0 Å². The first kappa shape index (κ1) is 22.8. The molecule has 0 radical (unpaired) electrons. The van der Waals surface area contributed by atoms with Gasteiger partial charge in [0.2, 0.25) is 0 Å². The van der Waals surface area contributed by atoms with Crippen molar-refractivity contribution in [1.29, 1.82) is 0 Å². The molecule has 6 nitrogen and oxygen atoms in total. The molecule has 0 saturated heterocycles. The number of halogens is 1. The standard InChI is InChI=1S/C17H24N4O2S2.HI/c1-13-20-15(12-24-13)11-21(3)17(18-2)19-10-9-14-5-7-16(8-6-14)25(4,22)23;/h5-8,12H,9-11H2,1-4H3,(H,18,19);1H. The van der Waals surface area contributed by atoms with Gasteiger partial charge in [0.15, 0.2) is 15.8 Å². The third-order valence-electron chi connectivity index (χ3n) is 3.69. The topological polar surface area (TPSA) is 74.7 Å². The van der Waals surface area contributed by atoms with Crippen LogP contribution in [0.25, 0.3) is 0 Å². The lowest BCUT2D eigenvalue weighted by molar-refractivity contribution is 0.471. The highest BCUT2D eigenvalue weighted by molar-refractivity contribution is 14.0. The number of sulfone groups is 1. The molecule has 0 amide bonds. The van der Waals surface area contributed by atoms with Gasteiger partial charge in [-0.05, 0) is 31.0 Å². The monoisotopic (exact) mass is 508 g/mol. The molecule has 0 fully saturated rings. The summed E-state index contributed by atoms with van der Waals surface area (Å²) < 4.78 is 22.9. The van der Waals surface area contributed by atoms with Crippen LogP contribution in [0.3, 0.4) is 0 Å². The molecule has 1 heterocycles. The van der Waals surface area contributed by atoms with Gasteiger partial charge in [0.1, 0.15) is 0 Å². The van der Waals surface area contributed by atoms with Crippen molar-refractivity contribution in [2.75, 3.05) is 26.9 Å². The van der Waals surface area contributed by atoms with E-state index in [4.69, 9.17) is 0 Å². The Morgan fingerprint density at radius 2 is 1.96 bits per heavy atom. The van der Waals surface area contributed by atoms with E-state index in [1.807, 2.05) is 31.0 Å². The van der Waals surface area contributed by atoms with E-state index in [2.05, 4.69) is 20.7 Å². The van der Waals surface area contributed by atoms with Crippen LogP contribution in [0.15, 0.2) is 39.5 Å². The molecule has 0 aliphatic carbocycles. The van der Waals surface area contributed by atoms with Crippen LogP contribution >= 0.6 is 35.3 Å². The normalized spacial score (nSPS) is 11.8. The number of nitrogens with one attached hydrogen (secondary N) is 1. The fraction of sp³-hybridized carbons (Fsp3) is 0.412. The lowest BCUT2D eigenvalue weighted by atomic mass is 10.1. The second kappa shape index (κ2) is 10.2. The minimum atomic E-state index is -3.14. The van der Waals surface area contributed by atoms with Crippen LogP contribution in [0.4, 0.5) is 0 Å².